The highest BCUT2D eigenvalue weighted by molar-refractivity contribution is 6.36. The molecule has 1 aromatic heterocycles. The van der Waals surface area contributed by atoms with Crippen molar-refractivity contribution in [3.8, 4) is 23.0 Å². The maximum atomic E-state index is 14.6. The van der Waals surface area contributed by atoms with Gasteiger partial charge in [-0.1, -0.05) is 30.7 Å². The van der Waals surface area contributed by atoms with Gasteiger partial charge >= 0.3 is 5.69 Å². The molecule has 3 atom stereocenters. The van der Waals surface area contributed by atoms with Crippen molar-refractivity contribution in [1.29, 1.82) is 0 Å². The molecule has 0 bridgehead atoms. The molecule has 1 spiro atoms. The molecule has 0 radical (unpaired) electrons. The van der Waals surface area contributed by atoms with Crippen molar-refractivity contribution in [3.05, 3.63) is 84.2 Å². The maximum Gasteiger partial charge on any atom is 0.327 e. The molecule has 3 heterocycles. The molecule has 0 amide bonds. The van der Waals surface area contributed by atoms with E-state index in [9.17, 15) is 24.3 Å². The number of Topliss-reactive ketones (excluding diaryl/α,β-unsaturated/α-hetero) is 2. The van der Waals surface area contributed by atoms with Crippen LogP contribution in [0.5, 0.6) is 23.0 Å². The molecular formula is C27H22ClN3O8. The fraction of sp³-hybridized carbons (Fsp3) is 0.259. The van der Waals surface area contributed by atoms with Gasteiger partial charge in [0.05, 0.1) is 19.8 Å². The Morgan fingerprint density at radius 1 is 1.03 bits per heavy atom. The molecule has 2 aliphatic heterocycles. The predicted molar refractivity (Wildman–Crippen MR) is 139 cm³/mol. The molecule has 1 unspecified atom stereocenters. The first kappa shape index (κ1) is 24.8. The molecule has 200 valence electrons. The second-order valence-corrected chi connectivity index (χ2v) is 10.0. The maximum absolute atomic E-state index is 14.6. The molecule has 1 aliphatic carbocycles. The number of fused-ring (bicyclic) bond motifs is 2. The first-order valence-corrected chi connectivity index (χ1v) is 12.4. The van der Waals surface area contributed by atoms with Crippen molar-refractivity contribution < 1.29 is 28.9 Å². The Balaban J connectivity index is 1.58. The van der Waals surface area contributed by atoms with Crippen molar-refractivity contribution in [2.24, 2.45) is 5.92 Å². The summed E-state index contributed by atoms with van der Waals surface area (Å²) >= 11 is 6.53. The topological polar surface area (TPSA) is 160 Å². The molecule has 6 rings (SSSR count). The molecule has 0 fully saturated rings. The van der Waals surface area contributed by atoms with Crippen LogP contribution in [0, 0.1) is 5.92 Å². The van der Waals surface area contributed by atoms with Crippen LogP contribution < -0.4 is 30.8 Å². The monoisotopic (exact) mass is 551 g/mol. The number of allylic oxidation sites excluding steroid dienone is 1. The smallest absolute Gasteiger partial charge is 0.327 e. The lowest BCUT2D eigenvalue weighted by molar-refractivity contribution is -0.130. The van der Waals surface area contributed by atoms with Crippen LogP contribution in [0.1, 0.15) is 40.7 Å². The van der Waals surface area contributed by atoms with E-state index < -0.39 is 40.3 Å². The number of aromatic nitrogens is 2. The number of benzene rings is 2. The quantitative estimate of drug-likeness (QED) is 0.359. The number of nitrogens with one attached hydrogen (secondary N) is 3. The molecule has 4 N–H and O–H groups in total. The van der Waals surface area contributed by atoms with Crippen LogP contribution in [0.4, 0.5) is 5.82 Å². The molecule has 0 saturated heterocycles. The summed E-state index contributed by atoms with van der Waals surface area (Å²) in [6, 6.07) is 7.44. The van der Waals surface area contributed by atoms with E-state index in [1.165, 1.54) is 32.4 Å². The lowest BCUT2D eigenvalue weighted by Gasteiger charge is -2.42. The third-order valence-corrected chi connectivity index (χ3v) is 7.95. The van der Waals surface area contributed by atoms with Crippen molar-refractivity contribution in [2.45, 2.75) is 24.9 Å². The Labute approximate surface area is 225 Å². The van der Waals surface area contributed by atoms with Gasteiger partial charge in [-0.2, -0.15) is 0 Å². The van der Waals surface area contributed by atoms with Gasteiger partial charge in [-0.05, 0) is 24.1 Å². The Bertz CT molecular complexity index is 1740. The van der Waals surface area contributed by atoms with Gasteiger partial charge in [-0.15, -0.1) is 0 Å². The highest BCUT2D eigenvalue weighted by Crippen LogP contribution is 2.56. The van der Waals surface area contributed by atoms with E-state index >= 15 is 0 Å². The number of carbonyl (C=O) groups is 2. The lowest BCUT2D eigenvalue weighted by atomic mass is 9.66. The summed E-state index contributed by atoms with van der Waals surface area (Å²) in [6.07, 6.45) is 0.167. The Morgan fingerprint density at radius 2 is 1.72 bits per heavy atom. The molecule has 3 aliphatic rings. The standard InChI is InChI=1S/C27H22ClN3O8/c1-10-8-13-17(16(11-4-6-12(32)7-5-11)19-24(29-13)30-26(36)31-25(19)35)22(33)27(10)23(34)18-14(37-2)9-15(38-3)20(28)21(18)39-27/h4-7,9-10,16,32H,8H2,1-3H3,(H3,29,30,31,35,36)/t10-,16?,27+/m1/s1. The summed E-state index contributed by atoms with van der Waals surface area (Å²) in [4.78, 5) is 58.7. The largest absolute Gasteiger partial charge is 0.508 e. The number of rotatable bonds is 3. The van der Waals surface area contributed by atoms with Gasteiger partial charge in [0.1, 0.15) is 33.7 Å². The minimum Gasteiger partial charge on any atom is -0.508 e. The van der Waals surface area contributed by atoms with Crippen molar-refractivity contribution >= 4 is 29.0 Å². The number of phenols is 1. The molecule has 12 heteroatoms. The number of hydrogen-bond acceptors (Lipinski definition) is 9. The number of ether oxygens (including phenoxy) is 3. The number of phenolic OH excluding ortho intramolecular Hbond substituents is 1. The van der Waals surface area contributed by atoms with Gasteiger partial charge in [0, 0.05) is 29.2 Å². The lowest BCUT2D eigenvalue weighted by Crippen LogP contribution is -2.58. The van der Waals surface area contributed by atoms with Crippen LogP contribution in [0.2, 0.25) is 5.02 Å². The summed E-state index contributed by atoms with van der Waals surface area (Å²) in [6.45, 7) is 1.70. The SMILES string of the molecule is COc1cc(OC)c2c(c1Cl)O[C@@]1(C(=O)C3=C(C[C@H]1C)Nc1[nH]c(=O)[nH]c(=O)c1C3c1ccc(O)cc1)C2=O. The Morgan fingerprint density at radius 3 is 2.38 bits per heavy atom. The van der Waals surface area contributed by atoms with Crippen LogP contribution in [-0.4, -0.2) is 46.5 Å². The van der Waals surface area contributed by atoms with Gasteiger partial charge in [0.25, 0.3) is 5.56 Å². The van der Waals surface area contributed by atoms with Crippen LogP contribution in [0.15, 0.2) is 51.2 Å². The van der Waals surface area contributed by atoms with Crippen LogP contribution in [0.3, 0.4) is 0 Å². The van der Waals surface area contributed by atoms with Gasteiger partial charge in [0.15, 0.2) is 5.75 Å². The summed E-state index contributed by atoms with van der Waals surface area (Å²) in [7, 11) is 2.78. The number of hydrogen-bond donors (Lipinski definition) is 4. The third kappa shape index (κ3) is 3.29. The van der Waals surface area contributed by atoms with Gasteiger partial charge < -0.3 is 24.6 Å². The first-order valence-electron chi connectivity index (χ1n) is 12.0. The van der Waals surface area contributed by atoms with E-state index in [1.807, 2.05) is 0 Å². The van der Waals surface area contributed by atoms with E-state index in [0.717, 1.165) is 0 Å². The average molecular weight is 552 g/mol. The minimum atomic E-state index is -1.99. The summed E-state index contributed by atoms with van der Waals surface area (Å²) in [5, 5.41) is 12.9. The van der Waals surface area contributed by atoms with Crippen molar-refractivity contribution in [2.75, 3.05) is 19.5 Å². The number of halogens is 1. The second kappa shape index (κ2) is 8.50. The van der Waals surface area contributed by atoms with Crippen LogP contribution in [-0.2, 0) is 4.79 Å². The number of carbonyl (C=O) groups excluding carboxylic acids is 2. The molecule has 0 saturated carbocycles. The van der Waals surface area contributed by atoms with E-state index in [4.69, 9.17) is 25.8 Å². The van der Waals surface area contributed by atoms with Crippen LogP contribution >= 0.6 is 11.6 Å². The Kier molecular flexibility index (Phi) is 5.41. The highest BCUT2D eigenvalue weighted by atomic mass is 35.5. The van der Waals surface area contributed by atoms with Crippen molar-refractivity contribution in [3.63, 3.8) is 0 Å². The Hall–Kier alpha value is -4.51. The van der Waals surface area contributed by atoms with E-state index in [1.54, 1.807) is 19.1 Å². The first-order chi connectivity index (χ1) is 18.6. The zero-order valence-electron chi connectivity index (χ0n) is 20.9. The fourth-order valence-electron chi connectivity index (χ4n) is 5.79. The number of ketones is 2. The number of aromatic amines is 2. The van der Waals surface area contributed by atoms with Gasteiger partial charge in [-0.3, -0.25) is 24.4 Å². The highest BCUT2D eigenvalue weighted by Gasteiger charge is 2.63. The second-order valence-electron chi connectivity index (χ2n) is 9.64. The number of anilines is 1. The average Bonchev–Trinajstić information content (AvgIpc) is 3.22. The number of methoxy groups -OCH3 is 2. The molecular weight excluding hydrogens is 530 g/mol. The summed E-state index contributed by atoms with van der Waals surface area (Å²) in [5.74, 6) is -2.48. The fourth-order valence-corrected chi connectivity index (χ4v) is 6.05. The predicted octanol–water partition coefficient (Wildman–Crippen LogP) is 2.87. The van der Waals surface area contributed by atoms with Gasteiger partial charge in [0.2, 0.25) is 17.2 Å². The van der Waals surface area contributed by atoms with E-state index in [0.29, 0.717) is 11.3 Å². The summed E-state index contributed by atoms with van der Waals surface area (Å²) in [5.41, 5.74) is -2.25. The van der Waals surface area contributed by atoms with Crippen LogP contribution in [0.25, 0.3) is 0 Å². The molecule has 39 heavy (non-hydrogen) atoms. The molecule has 2 aromatic carbocycles. The third-order valence-electron chi connectivity index (χ3n) is 7.59. The van der Waals surface area contributed by atoms with Gasteiger partial charge in [-0.25, -0.2) is 4.79 Å². The summed E-state index contributed by atoms with van der Waals surface area (Å²) < 4.78 is 17.0. The van der Waals surface area contributed by atoms with E-state index in [-0.39, 0.29) is 57.0 Å². The normalized spacial score (nSPS) is 23.1. The van der Waals surface area contributed by atoms with E-state index in [2.05, 4.69) is 15.3 Å². The zero-order chi connectivity index (χ0) is 27.8. The molecule has 11 nitrogen and oxygen atoms in total. The number of aromatic hydroxyl groups is 1. The zero-order valence-corrected chi connectivity index (χ0v) is 21.7. The minimum absolute atomic E-state index is 0.0157. The number of H-pyrrole nitrogens is 2. The van der Waals surface area contributed by atoms with Crippen molar-refractivity contribution in [1.82, 2.24) is 9.97 Å². The molecule has 3 aromatic rings.